The van der Waals surface area contributed by atoms with Gasteiger partial charge in [0.2, 0.25) is 0 Å². The second kappa shape index (κ2) is 10.4. The van der Waals surface area contributed by atoms with Crippen molar-refractivity contribution in [1.82, 2.24) is 15.0 Å². The minimum atomic E-state index is -0.575. The van der Waals surface area contributed by atoms with Crippen LogP contribution in [-0.4, -0.2) is 15.0 Å². The molecular weight excluding hydrogens is 562 g/mol. The lowest BCUT2D eigenvalue weighted by atomic mass is 9.73. The van der Waals surface area contributed by atoms with Crippen molar-refractivity contribution in [3.05, 3.63) is 157 Å². The van der Waals surface area contributed by atoms with E-state index in [0.29, 0.717) is 11.6 Å². The van der Waals surface area contributed by atoms with Crippen molar-refractivity contribution in [2.24, 2.45) is 0 Å². The molecule has 4 heteroatoms. The Bertz CT molecular complexity index is 2470. The molecule has 2 aromatic heterocycles. The number of hydrogen-bond donors (Lipinski definition) is 0. The van der Waals surface area contributed by atoms with Crippen molar-refractivity contribution < 1.29 is 4.42 Å². The summed E-state index contributed by atoms with van der Waals surface area (Å²) in [6.45, 7) is 2.25. The minimum absolute atomic E-state index is 0.575. The van der Waals surface area contributed by atoms with Gasteiger partial charge in [0.15, 0.2) is 11.6 Å². The molecule has 9 rings (SSSR count). The van der Waals surface area contributed by atoms with Gasteiger partial charge in [-0.15, -0.1) is 0 Å². The number of nitrogens with zero attached hydrogens (tertiary/aromatic N) is 3. The lowest BCUT2D eigenvalue weighted by Crippen LogP contribution is -2.29. The molecule has 1 unspecified atom stereocenters. The van der Waals surface area contributed by atoms with Gasteiger partial charge in [-0.25, -0.2) is 15.0 Å². The Kier molecular flexibility index (Phi) is 5.97. The van der Waals surface area contributed by atoms with Crippen LogP contribution in [0.5, 0.6) is 0 Å². The van der Waals surface area contributed by atoms with Crippen LogP contribution in [0, 0.1) is 0 Å². The summed E-state index contributed by atoms with van der Waals surface area (Å²) in [6, 6.07) is 46.4. The van der Waals surface area contributed by atoms with Gasteiger partial charge in [0.1, 0.15) is 17.2 Å². The second-order valence-corrected chi connectivity index (χ2v) is 12.2. The largest absolute Gasteiger partial charge is 0.456 e. The van der Waals surface area contributed by atoms with Crippen molar-refractivity contribution >= 4 is 38.6 Å². The summed E-state index contributed by atoms with van der Waals surface area (Å²) in [5.41, 5.74) is 5.64. The smallest absolute Gasteiger partial charge is 0.164 e. The maximum Gasteiger partial charge on any atom is 0.164 e. The maximum atomic E-state index is 6.59. The van der Waals surface area contributed by atoms with Crippen molar-refractivity contribution in [3.8, 4) is 33.9 Å². The van der Waals surface area contributed by atoms with Crippen molar-refractivity contribution in [1.29, 1.82) is 0 Å². The van der Waals surface area contributed by atoms with E-state index in [1.54, 1.807) is 0 Å². The molecule has 0 saturated heterocycles. The van der Waals surface area contributed by atoms with Crippen LogP contribution in [0.25, 0.3) is 72.5 Å². The molecule has 4 nitrogen and oxygen atoms in total. The van der Waals surface area contributed by atoms with Crippen LogP contribution in [0.3, 0.4) is 0 Å². The predicted molar refractivity (Wildman–Crippen MR) is 187 cm³/mol. The van der Waals surface area contributed by atoms with Gasteiger partial charge < -0.3 is 4.42 Å². The van der Waals surface area contributed by atoms with Crippen LogP contribution in [-0.2, 0) is 5.41 Å². The van der Waals surface area contributed by atoms with E-state index in [4.69, 9.17) is 19.4 Å². The Morgan fingerprint density at radius 1 is 0.587 bits per heavy atom. The molecule has 0 bridgehead atoms. The van der Waals surface area contributed by atoms with Gasteiger partial charge in [-0.1, -0.05) is 127 Å². The Balaban J connectivity index is 1.31. The van der Waals surface area contributed by atoms with Crippen LogP contribution in [0.2, 0.25) is 0 Å². The third-order valence-corrected chi connectivity index (χ3v) is 9.34. The minimum Gasteiger partial charge on any atom is -0.456 e. The Hall–Kier alpha value is -5.87. The van der Waals surface area contributed by atoms with Crippen LogP contribution >= 0.6 is 0 Å². The Morgan fingerprint density at radius 2 is 1.30 bits per heavy atom. The van der Waals surface area contributed by atoms with Gasteiger partial charge in [-0.05, 0) is 64.2 Å². The fourth-order valence-corrected chi connectivity index (χ4v) is 7.02. The van der Waals surface area contributed by atoms with Gasteiger partial charge in [0.05, 0.1) is 5.41 Å². The Labute approximate surface area is 266 Å². The van der Waals surface area contributed by atoms with E-state index in [-0.39, 0.29) is 0 Å². The van der Waals surface area contributed by atoms with E-state index < -0.39 is 5.41 Å². The molecule has 2 heterocycles. The highest BCUT2D eigenvalue weighted by Crippen LogP contribution is 2.48. The van der Waals surface area contributed by atoms with Crippen molar-refractivity contribution in [3.63, 3.8) is 0 Å². The summed E-state index contributed by atoms with van der Waals surface area (Å²) < 4.78 is 6.59. The number of aromatic nitrogens is 3. The number of benzene rings is 6. The summed E-state index contributed by atoms with van der Waals surface area (Å²) in [4.78, 5) is 15.6. The summed E-state index contributed by atoms with van der Waals surface area (Å²) in [7, 11) is 0. The average Bonchev–Trinajstić information content (AvgIpc) is 3.52. The van der Waals surface area contributed by atoms with Crippen molar-refractivity contribution in [2.45, 2.75) is 18.8 Å². The molecule has 0 radical (unpaired) electrons. The van der Waals surface area contributed by atoms with E-state index >= 15 is 0 Å². The van der Waals surface area contributed by atoms with Gasteiger partial charge in [0, 0.05) is 22.1 Å². The molecular formula is C42H29N3O. The fourth-order valence-electron chi connectivity index (χ4n) is 7.02. The molecule has 1 aliphatic rings. The molecule has 1 atom stereocenters. The average molecular weight is 592 g/mol. The van der Waals surface area contributed by atoms with E-state index in [2.05, 4.69) is 134 Å². The molecule has 1 aliphatic carbocycles. The zero-order chi connectivity index (χ0) is 30.7. The van der Waals surface area contributed by atoms with E-state index in [0.717, 1.165) is 67.6 Å². The molecule has 6 aromatic carbocycles. The molecule has 0 spiro atoms. The third-order valence-electron chi connectivity index (χ3n) is 9.34. The number of fused-ring (bicyclic) bond motifs is 5. The van der Waals surface area contributed by atoms with Crippen LogP contribution in [0.15, 0.2) is 144 Å². The zero-order valence-corrected chi connectivity index (χ0v) is 25.3. The standard InChI is InChI=1S/C42H29N3O/c1-42(41-44-39(29-14-3-2-4-15-29)43-40(45-41)34-20-9-17-28-13-7-8-18-32(28)34)25-11-22-36-38(42)37-33(19-10-21-35(37)46-36)31-24-23-27-12-5-6-16-30(27)26-31/h2-24,26H,25H2,1H3. The highest BCUT2D eigenvalue weighted by atomic mass is 16.3. The van der Waals surface area contributed by atoms with Crippen LogP contribution in [0.4, 0.5) is 0 Å². The second-order valence-electron chi connectivity index (χ2n) is 12.2. The first-order valence-corrected chi connectivity index (χ1v) is 15.7. The lowest BCUT2D eigenvalue weighted by Gasteiger charge is -2.30. The number of rotatable bonds is 4. The zero-order valence-electron chi connectivity index (χ0n) is 25.3. The molecule has 8 aromatic rings. The summed E-state index contributed by atoms with van der Waals surface area (Å²) >= 11 is 0. The van der Waals surface area contributed by atoms with Gasteiger partial charge in [-0.3, -0.25) is 0 Å². The highest BCUT2D eigenvalue weighted by molar-refractivity contribution is 6.01. The summed E-state index contributed by atoms with van der Waals surface area (Å²) in [5.74, 6) is 2.91. The number of hydrogen-bond acceptors (Lipinski definition) is 4. The normalized spacial score (nSPS) is 15.8. The SMILES string of the molecule is CC1(c2nc(-c3ccccc3)nc(-c3cccc4ccccc34)n2)CC=Cc2oc3cccc(-c4ccc5ccccc5c4)c3c21. The maximum absolute atomic E-state index is 6.59. The number of allylic oxidation sites excluding steroid dienone is 1. The fraction of sp³-hybridized carbons (Fsp3) is 0.0714. The molecule has 0 N–H and O–H groups in total. The first-order valence-electron chi connectivity index (χ1n) is 15.7. The van der Waals surface area contributed by atoms with Crippen LogP contribution < -0.4 is 0 Å². The van der Waals surface area contributed by atoms with E-state index in [9.17, 15) is 0 Å². The van der Waals surface area contributed by atoms with E-state index in [1.165, 1.54) is 10.8 Å². The predicted octanol–water partition coefficient (Wildman–Crippen LogP) is 10.6. The molecule has 0 amide bonds. The van der Waals surface area contributed by atoms with Crippen LogP contribution in [0.1, 0.15) is 30.5 Å². The molecule has 0 aliphatic heterocycles. The molecule has 46 heavy (non-hydrogen) atoms. The lowest BCUT2D eigenvalue weighted by molar-refractivity contribution is 0.509. The first kappa shape index (κ1) is 26.5. The monoisotopic (exact) mass is 591 g/mol. The number of furan rings is 1. The third kappa shape index (κ3) is 4.18. The molecule has 0 fully saturated rings. The van der Waals surface area contributed by atoms with Gasteiger partial charge in [-0.2, -0.15) is 0 Å². The van der Waals surface area contributed by atoms with Crippen molar-refractivity contribution in [2.75, 3.05) is 0 Å². The molecule has 218 valence electrons. The topological polar surface area (TPSA) is 51.8 Å². The van der Waals surface area contributed by atoms with Gasteiger partial charge >= 0.3 is 0 Å². The summed E-state index contributed by atoms with van der Waals surface area (Å²) in [6.07, 6.45) is 5.02. The quantitative estimate of drug-likeness (QED) is 0.204. The summed E-state index contributed by atoms with van der Waals surface area (Å²) in [5, 5.41) is 5.80. The Morgan fingerprint density at radius 3 is 2.20 bits per heavy atom. The molecule has 0 saturated carbocycles. The first-order chi connectivity index (χ1) is 22.7. The van der Waals surface area contributed by atoms with E-state index in [1.807, 2.05) is 18.2 Å². The van der Waals surface area contributed by atoms with Gasteiger partial charge in [0.25, 0.3) is 0 Å². The highest BCUT2D eigenvalue weighted by Gasteiger charge is 2.40.